The van der Waals surface area contributed by atoms with Gasteiger partial charge in [-0.15, -0.1) is 0 Å². The Kier molecular flexibility index (Phi) is 4.87. The lowest BCUT2D eigenvalue weighted by atomic mass is 10.6. The number of primary amides is 1. The van der Waals surface area contributed by atoms with Crippen molar-refractivity contribution >= 4 is 23.9 Å². The van der Waals surface area contributed by atoms with Gasteiger partial charge in [0, 0.05) is 27.2 Å². The standard InChI is InChI=1S/C8H17N9O/c1-17(2)8-14-6(13-7(15-8)16-10)12-4-3-11-5(9)18/h3-4,10H2,1-2H3,(H3,9,11,18)(H2,12,13,14,15,16). The molecule has 0 radical (unpaired) electrons. The first-order valence-corrected chi connectivity index (χ1v) is 5.20. The Balaban J connectivity index is 2.63. The third-order valence-corrected chi connectivity index (χ3v) is 1.86. The number of nitrogens with one attached hydrogen (secondary N) is 3. The number of urea groups is 1. The van der Waals surface area contributed by atoms with E-state index < -0.39 is 6.03 Å². The lowest BCUT2D eigenvalue weighted by Crippen LogP contribution is -2.33. The van der Waals surface area contributed by atoms with Crippen LogP contribution in [0.3, 0.4) is 0 Å². The van der Waals surface area contributed by atoms with Crippen molar-refractivity contribution in [2.45, 2.75) is 0 Å². The number of aromatic nitrogens is 3. The molecule has 0 aromatic carbocycles. The molecule has 10 heteroatoms. The zero-order valence-electron chi connectivity index (χ0n) is 10.3. The second-order valence-corrected chi connectivity index (χ2v) is 3.54. The molecule has 10 nitrogen and oxygen atoms in total. The number of rotatable bonds is 6. The van der Waals surface area contributed by atoms with Crippen LogP contribution in [0.5, 0.6) is 0 Å². The van der Waals surface area contributed by atoms with E-state index >= 15 is 0 Å². The Morgan fingerprint density at radius 3 is 2.44 bits per heavy atom. The first-order valence-electron chi connectivity index (χ1n) is 5.20. The van der Waals surface area contributed by atoms with Gasteiger partial charge in [0.05, 0.1) is 0 Å². The molecule has 100 valence electrons. The summed E-state index contributed by atoms with van der Waals surface area (Å²) < 4.78 is 0. The molecule has 0 unspecified atom stereocenters. The summed E-state index contributed by atoms with van der Waals surface area (Å²) in [6, 6.07) is -0.578. The van der Waals surface area contributed by atoms with Crippen LogP contribution in [0.2, 0.25) is 0 Å². The molecule has 0 aliphatic rings. The van der Waals surface area contributed by atoms with Crippen molar-refractivity contribution in [1.29, 1.82) is 0 Å². The molecule has 0 fully saturated rings. The van der Waals surface area contributed by atoms with E-state index in [0.29, 0.717) is 25.0 Å². The van der Waals surface area contributed by atoms with Crippen molar-refractivity contribution < 1.29 is 4.79 Å². The third kappa shape index (κ3) is 4.25. The highest BCUT2D eigenvalue weighted by Gasteiger charge is 2.06. The van der Waals surface area contributed by atoms with Crippen LogP contribution >= 0.6 is 0 Å². The predicted molar refractivity (Wildman–Crippen MR) is 68.0 cm³/mol. The van der Waals surface area contributed by atoms with Gasteiger partial charge in [-0.3, -0.25) is 5.43 Å². The van der Waals surface area contributed by atoms with Gasteiger partial charge in [0.1, 0.15) is 0 Å². The van der Waals surface area contributed by atoms with E-state index in [-0.39, 0.29) is 5.95 Å². The van der Waals surface area contributed by atoms with Crippen LogP contribution in [-0.2, 0) is 0 Å². The second kappa shape index (κ2) is 6.39. The van der Waals surface area contributed by atoms with Gasteiger partial charge in [0.2, 0.25) is 17.8 Å². The van der Waals surface area contributed by atoms with E-state index in [0.717, 1.165) is 0 Å². The number of nitrogens with two attached hydrogens (primary N) is 2. The van der Waals surface area contributed by atoms with Crippen molar-refractivity contribution in [2.75, 3.05) is 42.8 Å². The number of nitrogen functional groups attached to an aromatic ring is 1. The van der Waals surface area contributed by atoms with E-state index in [9.17, 15) is 4.79 Å². The Hall–Kier alpha value is -2.36. The van der Waals surface area contributed by atoms with Crippen molar-refractivity contribution in [3.63, 3.8) is 0 Å². The van der Waals surface area contributed by atoms with Crippen molar-refractivity contribution in [1.82, 2.24) is 20.3 Å². The van der Waals surface area contributed by atoms with Crippen LogP contribution in [0.1, 0.15) is 0 Å². The van der Waals surface area contributed by atoms with Gasteiger partial charge in [-0.05, 0) is 0 Å². The molecule has 0 saturated heterocycles. The summed E-state index contributed by atoms with van der Waals surface area (Å²) in [4.78, 5) is 24.4. The molecule has 1 rings (SSSR count). The lowest BCUT2D eigenvalue weighted by molar-refractivity contribution is 0.249. The van der Waals surface area contributed by atoms with E-state index in [2.05, 4.69) is 31.0 Å². The molecule has 0 bridgehead atoms. The van der Waals surface area contributed by atoms with Crippen molar-refractivity contribution in [3.05, 3.63) is 0 Å². The molecule has 1 aromatic rings. The number of hydrogen-bond acceptors (Lipinski definition) is 8. The number of amides is 2. The number of hydrazine groups is 1. The van der Waals surface area contributed by atoms with E-state index in [4.69, 9.17) is 11.6 Å². The number of carbonyl (C=O) groups excluding carboxylic acids is 1. The maximum absolute atomic E-state index is 10.5. The number of carbonyl (C=O) groups is 1. The highest BCUT2D eigenvalue weighted by Crippen LogP contribution is 2.09. The topological polar surface area (TPSA) is 147 Å². The largest absolute Gasteiger partial charge is 0.352 e. The summed E-state index contributed by atoms with van der Waals surface area (Å²) in [7, 11) is 3.60. The van der Waals surface area contributed by atoms with Crippen LogP contribution in [0, 0.1) is 0 Å². The van der Waals surface area contributed by atoms with Gasteiger partial charge in [-0.25, -0.2) is 10.6 Å². The number of hydrogen-bond donors (Lipinski definition) is 5. The fourth-order valence-electron chi connectivity index (χ4n) is 1.07. The fourth-order valence-corrected chi connectivity index (χ4v) is 1.07. The highest BCUT2D eigenvalue weighted by molar-refractivity contribution is 5.71. The summed E-state index contributed by atoms with van der Waals surface area (Å²) in [5.41, 5.74) is 7.28. The normalized spacial score (nSPS) is 9.72. The van der Waals surface area contributed by atoms with Crippen LogP contribution in [0.15, 0.2) is 0 Å². The third-order valence-electron chi connectivity index (χ3n) is 1.86. The number of nitrogens with zero attached hydrogens (tertiary/aromatic N) is 4. The molecule has 0 saturated carbocycles. The molecule has 0 aliphatic heterocycles. The van der Waals surface area contributed by atoms with Crippen LogP contribution in [0.25, 0.3) is 0 Å². The minimum absolute atomic E-state index is 0.249. The van der Waals surface area contributed by atoms with Crippen LogP contribution in [0.4, 0.5) is 22.6 Å². The molecule has 0 aliphatic carbocycles. The van der Waals surface area contributed by atoms with Gasteiger partial charge < -0.3 is 21.3 Å². The molecule has 18 heavy (non-hydrogen) atoms. The smallest absolute Gasteiger partial charge is 0.312 e. The highest BCUT2D eigenvalue weighted by atomic mass is 16.2. The summed E-state index contributed by atoms with van der Waals surface area (Å²) >= 11 is 0. The summed E-state index contributed by atoms with van der Waals surface area (Å²) in [6.45, 7) is 0.799. The molecule has 2 amide bonds. The molecule has 1 heterocycles. The zero-order valence-corrected chi connectivity index (χ0v) is 10.3. The van der Waals surface area contributed by atoms with Gasteiger partial charge in [0.15, 0.2) is 0 Å². The van der Waals surface area contributed by atoms with Crippen LogP contribution in [-0.4, -0.2) is 48.2 Å². The number of anilines is 3. The Morgan fingerprint density at radius 1 is 1.22 bits per heavy atom. The lowest BCUT2D eigenvalue weighted by Gasteiger charge is -2.13. The summed E-state index contributed by atoms with van der Waals surface area (Å²) in [5.74, 6) is 6.32. The molecular formula is C8H17N9O. The van der Waals surface area contributed by atoms with E-state index in [1.54, 1.807) is 19.0 Å². The Labute approximate surface area is 104 Å². The Bertz CT molecular complexity index is 408. The molecule has 1 aromatic heterocycles. The van der Waals surface area contributed by atoms with Crippen molar-refractivity contribution in [2.24, 2.45) is 11.6 Å². The molecule has 7 N–H and O–H groups in total. The average Bonchev–Trinajstić information content (AvgIpc) is 2.34. The summed E-state index contributed by atoms with van der Waals surface area (Å²) in [6.07, 6.45) is 0. The van der Waals surface area contributed by atoms with Crippen molar-refractivity contribution in [3.8, 4) is 0 Å². The molecule has 0 atom stereocenters. The zero-order chi connectivity index (χ0) is 13.5. The maximum atomic E-state index is 10.5. The average molecular weight is 255 g/mol. The first kappa shape index (κ1) is 13.7. The maximum Gasteiger partial charge on any atom is 0.312 e. The predicted octanol–water partition coefficient (Wildman–Crippen LogP) is -1.70. The van der Waals surface area contributed by atoms with Gasteiger partial charge in [0.25, 0.3) is 0 Å². The van der Waals surface area contributed by atoms with E-state index in [1.165, 1.54) is 0 Å². The van der Waals surface area contributed by atoms with Gasteiger partial charge in [-0.1, -0.05) is 0 Å². The molecule has 0 spiro atoms. The SMILES string of the molecule is CN(C)c1nc(NN)nc(NCCNC(N)=O)n1. The van der Waals surface area contributed by atoms with Gasteiger partial charge >= 0.3 is 6.03 Å². The van der Waals surface area contributed by atoms with Crippen LogP contribution < -0.4 is 32.5 Å². The Morgan fingerprint density at radius 2 is 1.89 bits per heavy atom. The summed E-state index contributed by atoms with van der Waals surface area (Å²) in [5, 5.41) is 5.35. The fraction of sp³-hybridized carbons (Fsp3) is 0.500. The minimum atomic E-state index is -0.578. The van der Waals surface area contributed by atoms with E-state index in [1.807, 2.05) is 0 Å². The molecular weight excluding hydrogens is 238 g/mol. The first-order chi connectivity index (χ1) is 8.52. The quantitative estimate of drug-likeness (QED) is 0.229. The monoisotopic (exact) mass is 255 g/mol. The second-order valence-electron chi connectivity index (χ2n) is 3.54. The minimum Gasteiger partial charge on any atom is -0.352 e. The van der Waals surface area contributed by atoms with Gasteiger partial charge in [-0.2, -0.15) is 15.0 Å².